The van der Waals surface area contributed by atoms with Crippen molar-refractivity contribution in [3.05, 3.63) is 64.9 Å². The molecule has 0 saturated heterocycles. The number of halogens is 2. The first-order chi connectivity index (χ1) is 10.1. The number of carbonyl (C=O) groups is 2. The zero-order valence-electron chi connectivity index (χ0n) is 11.1. The predicted octanol–water partition coefficient (Wildman–Crippen LogP) is 4.08. The van der Waals surface area contributed by atoms with Gasteiger partial charge in [0.15, 0.2) is 5.78 Å². The quantitative estimate of drug-likeness (QED) is 0.846. The van der Waals surface area contributed by atoms with E-state index in [2.05, 4.69) is 5.32 Å². The molecule has 108 valence electrons. The van der Waals surface area contributed by atoms with Gasteiger partial charge in [-0.3, -0.25) is 9.59 Å². The fraction of sp³-hybridized carbons (Fsp3) is 0.125. The van der Waals surface area contributed by atoms with Gasteiger partial charge in [-0.05, 0) is 18.2 Å². The number of carbonyl (C=O) groups excluding carboxylic acids is 2. The van der Waals surface area contributed by atoms with Crippen molar-refractivity contribution >= 4 is 29.0 Å². The summed E-state index contributed by atoms with van der Waals surface area (Å²) in [4.78, 5) is 23.6. The van der Waals surface area contributed by atoms with Crippen LogP contribution in [0.4, 0.5) is 10.1 Å². The average molecular weight is 306 g/mol. The Morgan fingerprint density at radius 1 is 1.05 bits per heavy atom. The van der Waals surface area contributed by atoms with Crippen molar-refractivity contribution < 1.29 is 14.0 Å². The summed E-state index contributed by atoms with van der Waals surface area (Å²) in [6.07, 6.45) is 0.174. The highest BCUT2D eigenvalue weighted by molar-refractivity contribution is 6.31. The summed E-state index contributed by atoms with van der Waals surface area (Å²) in [6, 6.07) is 12.7. The lowest BCUT2D eigenvalue weighted by Crippen LogP contribution is -2.13. The van der Waals surface area contributed by atoms with Crippen LogP contribution in [0.2, 0.25) is 5.02 Å². The van der Waals surface area contributed by atoms with Gasteiger partial charge in [-0.1, -0.05) is 41.9 Å². The Balaban J connectivity index is 1.87. The van der Waals surface area contributed by atoms with Gasteiger partial charge in [0.05, 0.1) is 5.02 Å². The first-order valence-electron chi connectivity index (χ1n) is 6.39. The fourth-order valence-corrected chi connectivity index (χ4v) is 1.97. The monoisotopic (exact) mass is 305 g/mol. The number of Topliss-reactive ketones (excluding diaryl/α,β-unsaturated/α-hetero) is 1. The second kappa shape index (κ2) is 6.99. The van der Waals surface area contributed by atoms with Gasteiger partial charge in [0.1, 0.15) is 5.82 Å². The predicted molar refractivity (Wildman–Crippen MR) is 80.0 cm³/mol. The molecule has 0 saturated carbocycles. The second-order valence-electron chi connectivity index (χ2n) is 4.47. The van der Waals surface area contributed by atoms with Crippen LogP contribution in [0.3, 0.4) is 0 Å². The van der Waals surface area contributed by atoms with Crippen LogP contribution in [0.1, 0.15) is 23.2 Å². The highest BCUT2D eigenvalue weighted by Crippen LogP contribution is 2.19. The summed E-state index contributed by atoms with van der Waals surface area (Å²) in [5, 5.41) is 2.51. The molecule has 0 radical (unpaired) electrons. The number of hydrogen-bond acceptors (Lipinski definition) is 2. The Labute approximate surface area is 126 Å². The first-order valence-corrected chi connectivity index (χ1v) is 6.77. The van der Waals surface area contributed by atoms with Crippen molar-refractivity contribution in [2.45, 2.75) is 12.8 Å². The zero-order chi connectivity index (χ0) is 15.2. The number of benzene rings is 2. The minimum Gasteiger partial charge on any atom is -0.326 e. The molecule has 3 nitrogen and oxygen atoms in total. The maximum Gasteiger partial charge on any atom is 0.224 e. The maximum absolute atomic E-state index is 13.0. The van der Waals surface area contributed by atoms with Crippen molar-refractivity contribution in [3.63, 3.8) is 0 Å². The number of nitrogens with one attached hydrogen (secondary N) is 1. The van der Waals surface area contributed by atoms with Crippen LogP contribution in [0, 0.1) is 5.82 Å². The summed E-state index contributed by atoms with van der Waals surface area (Å²) in [5.74, 6) is -0.959. The molecule has 21 heavy (non-hydrogen) atoms. The van der Waals surface area contributed by atoms with Crippen LogP contribution in [0.15, 0.2) is 48.5 Å². The normalized spacial score (nSPS) is 10.2. The Morgan fingerprint density at radius 2 is 1.76 bits per heavy atom. The van der Waals surface area contributed by atoms with Gasteiger partial charge in [0.2, 0.25) is 5.91 Å². The number of rotatable bonds is 5. The van der Waals surface area contributed by atoms with Crippen molar-refractivity contribution in [2.24, 2.45) is 0 Å². The summed E-state index contributed by atoms with van der Waals surface area (Å²) >= 11 is 5.62. The molecule has 5 heteroatoms. The largest absolute Gasteiger partial charge is 0.326 e. The minimum absolute atomic E-state index is 0.0583. The Bertz CT molecular complexity index is 659. The molecule has 0 heterocycles. The van der Waals surface area contributed by atoms with Crippen LogP contribution in [-0.4, -0.2) is 11.7 Å². The molecular formula is C16H13ClFNO2. The molecule has 0 aromatic heterocycles. The minimum atomic E-state index is -0.547. The van der Waals surface area contributed by atoms with E-state index in [9.17, 15) is 14.0 Å². The zero-order valence-corrected chi connectivity index (χ0v) is 11.9. The molecule has 0 atom stereocenters. The molecule has 0 aliphatic rings. The lowest BCUT2D eigenvalue weighted by molar-refractivity contribution is -0.116. The van der Waals surface area contributed by atoms with Gasteiger partial charge >= 0.3 is 0 Å². The molecule has 0 aliphatic carbocycles. The van der Waals surface area contributed by atoms with Gasteiger partial charge in [-0.25, -0.2) is 4.39 Å². The Hall–Kier alpha value is -2.20. The molecule has 2 aromatic carbocycles. The summed E-state index contributed by atoms with van der Waals surface area (Å²) < 4.78 is 13.0. The molecule has 0 bridgehead atoms. The number of hydrogen-bond donors (Lipinski definition) is 1. The highest BCUT2D eigenvalue weighted by atomic mass is 35.5. The summed E-state index contributed by atoms with van der Waals surface area (Å²) in [5.41, 5.74) is 0.980. The van der Waals surface area contributed by atoms with E-state index in [0.717, 1.165) is 0 Å². The van der Waals surface area contributed by atoms with Crippen molar-refractivity contribution in [1.82, 2.24) is 0 Å². The highest BCUT2D eigenvalue weighted by Gasteiger charge is 2.10. The molecule has 0 unspecified atom stereocenters. The van der Waals surface area contributed by atoms with E-state index in [4.69, 9.17) is 11.6 Å². The molecule has 1 amide bonds. The third-order valence-electron chi connectivity index (χ3n) is 2.88. The first kappa shape index (κ1) is 15.2. The molecule has 0 spiro atoms. The van der Waals surface area contributed by atoms with E-state index < -0.39 is 5.82 Å². The van der Waals surface area contributed by atoms with Gasteiger partial charge in [0.25, 0.3) is 0 Å². The summed E-state index contributed by atoms with van der Waals surface area (Å²) in [6.45, 7) is 0. The van der Waals surface area contributed by atoms with Crippen molar-refractivity contribution in [2.75, 3.05) is 5.32 Å². The third-order valence-corrected chi connectivity index (χ3v) is 3.17. The van der Waals surface area contributed by atoms with Crippen LogP contribution >= 0.6 is 11.6 Å². The Morgan fingerprint density at radius 3 is 2.43 bits per heavy atom. The molecule has 2 aromatic rings. The standard InChI is InChI=1S/C16H13ClFNO2/c17-13-10-12(6-7-14(13)18)19-16(21)9-8-15(20)11-4-2-1-3-5-11/h1-7,10H,8-9H2,(H,19,21). The number of ketones is 1. The van der Waals surface area contributed by atoms with Crippen molar-refractivity contribution in [1.29, 1.82) is 0 Å². The van der Waals surface area contributed by atoms with E-state index in [1.54, 1.807) is 24.3 Å². The second-order valence-corrected chi connectivity index (χ2v) is 4.87. The van der Waals surface area contributed by atoms with Crippen LogP contribution in [-0.2, 0) is 4.79 Å². The lowest BCUT2D eigenvalue weighted by atomic mass is 10.1. The molecule has 0 fully saturated rings. The molecular weight excluding hydrogens is 293 g/mol. The average Bonchev–Trinajstić information content (AvgIpc) is 2.49. The summed E-state index contributed by atoms with van der Waals surface area (Å²) in [7, 11) is 0. The van der Waals surface area contributed by atoms with Gasteiger partial charge < -0.3 is 5.32 Å². The fourth-order valence-electron chi connectivity index (χ4n) is 1.79. The molecule has 2 rings (SSSR count). The van der Waals surface area contributed by atoms with E-state index in [-0.39, 0.29) is 29.6 Å². The van der Waals surface area contributed by atoms with E-state index in [1.165, 1.54) is 18.2 Å². The van der Waals surface area contributed by atoms with Gasteiger partial charge in [0, 0.05) is 24.1 Å². The van der Waals surface area contributed by atoms with Crippen LogP contribution in [0.5, 0.6) is 0 Å². The van der Waals surface area contributed by atoms with Gasteiger partial charge in [-0.15, -0.1) is 0 Å². The SMILES string of the molecule is O=C(CCC(=O)c1ccccc1)Nc1ccc(F)c(Cl)c1. The number of anilines is 1. The smallest absolute Gasteiger partial charge is 0.224 e. The van der Waals surface area contributed by atoms with Crippen LogP contribution < -0.4 is 5.32 Å². The lowest BCUT2D eigenvalue weighted by Gasteiger charge is -2.06. The van der Waals surface area contributed by atoms with Crippen LogP contribution in [0.25, 0.3) is 0 Å². The van der Waals surface area contributed by atoms with E-state index >= 15 is 0 Å². The van der Waals surface area contributed by atoms with Crippen molar-refractivity contribution in [3.8, 4) is 0 Å². The van der Waals surface area contributed by atoms with E-state index in [1.807, 2.05) is 6.07 Å². The Kier molecular flexibility index (Phi) is 5.06. The third kappa shape index (κ3) is 4.39. The van der Waals surface area contributed by atoms with Gasteiger partial charge in [-0.2, -0.15) is 0 Å². The number of amides is 1. The maximum atomic E-state index is 13.0. The molecule has 0 aliphatic heterocycles. The van der Waals surface area contributed by atoms with E-state index in [0.29, 0.717) is 11.3 Å². The topological polar surface area (TPSA) is 46.2 Å². The molecule has 1 N–H and O–H groups in total.